The molecule has 142 valence electrons. The Balaban J connectivity index is 2.12. The van der Waals surface area contributed by atoms with Gasteiger partial charge in [-0.15, -0.1) is 0 Å². The van der Waals surface area contributed by atoms with Crippen molar-refractivity contribution in [3.63, 3.8) is 0 Å². The van der Waals surface area contributed by atoms with E-state index in [1.54, 1.807) is 0 Å². The van der Waals surface area contributed by atoms with Crippen molar-refractivity contribution in [2.24, 2.45) is 5.73 Å². The molecule has 0 aliphatic heterocycles. The van der Waals surface area contributed by atoms with Gasteiger partial charge in [0.15, 0.2) is 0 Å². The fourth-order valence-corrected chi connectivity index (χ4v) is 3.65. The predicted molar refractivity (Wildman–Crippen MR) is 108 cm³/mol. The Bertz CT molecular complexity index is 960. The van der Waals surface area contributed by atoms with Gasteiger partial charge in [-0.3, -0.25) is 4.79 Å². The highest BCUT2D eigenvalue weighted by molar-refractivity contribution is 5.84. The second kappa shape index (κ2) is 8.35. The molecule has 0 saturated carbocycles. The number of carboxylic acids is 1. The lowest BCUT2D eigenvalue weighted by Gasteiger charge is -2.16. The molecule has 0 amide bonds. The fourth-order valence-electron chi connectivity index (χ4n) is 3.65. The van der Waals surface area contributed by atoms with Gasteiger partial charge in [0.25, 0.3) is 0 Å². The second-order valence-corrected chi connectivity index (χ2v) is 6.92. The first-order valence-corrected chi connectivity index (χ1v) is 9.56. The number of nitrogens with two attached hydrogens (primary N) is 1. The van der Waals surface area contributed by atoms with Gasteiger partial charge in [-0.1, -0.05) is 25.1 Å². The molecule has 1 aromatic carbocycles. The molecule has 0 atom stereocenters. The van der Waals surface area contributed by atoms with E-state index < -0.39 is 5.97 Å². The van der Waals surface area contributed by atoms with Gasteiger partial charge in [-0.05, 0) is 67.5 Å². The van der Waals surface area contributed by atoms with Gasteiger partial charge in [0.1, 0.15) is 0 Å². The quantitative estimate of drug-likeness (QED) is 0.588. The Morgan fingerprint density at radius 3 is 2.74 bits per heavy atom. The first kappa shape index (κ1) is 19.1. The van der Waals surface area contributed by atoms with Crippen LogP contribution in [0.15, 0.2) is 36.4 Å². The van der Waals surface area contributed by atoms with Crippen LogP contribution in [0.5, 0.6) is 0 Å². The Labute approximate surface area is 159 Å². The minimum Gasteiger partial charge on any atom is -0.481 e. The van der Waals surface area contributed by atoms with Crippen molar-refractivity contribution in [1.82, 2.24) is 9.61 Å². The smallest absolute Gasteiger partial charge is 0.303 e. The highest BCUT2D eigenvalue weighted by Crippen LogP contribution is 2.33. The van der Waals surface area contributed by atoms with Crippen LogP contribution in [0.1, 0.15) is 48.7 Å². The summed E-state index contributed by atoms with van der Waals surface area (Å²) in [5.41, 5.74) is 13.8. The molecule has 0 aliphatic rings. The maximum absolute atomic E-state index is 10.8. The number of aromatic nitrogens is 2. The van der Waals surface area contributed by atoms with Gasteiger partial charge in [0, 0.05) is 24.2 Å². The summed E-state index contributed by atoms with van der Waals surface area (Å²) in [6.07, 6.45) is 3.44. The van der Waals surface area contributed by atoms with E-state index in [0.29, 0.717) is 13.0 Å². The second-order valence-electron chi connectivity index (χ2n) is 6.92. The van der Waals surface area contributed by atoms with E-state index in [-0.39, 0.29) is 6.42 Å². The van der Waals surface area contributed by atoms with Crippen LogP contribution in [-0.4, -0.2) is 20.7 Å². The number of unbranched alkanes of at least 4 members (excludes halogenated alkanes) is 1. The molecular formula is C22H27N3O2. The van der Waals surface area contributed by atoms with Crippen LogP contribution in [0.25, 0.3) is 16.6 Å². The summed E-state index contributed by atoms with van der Waals surface area (Å²) in [6.45, 7) is 4.68. The fraction of sp³-hybridized carbons (Fsp3) is 0.364. The topological polar surface area (TPSA) is 80.6 Å². The molecule has 5 heteroatoms. The average Bonchev–Trinajstić information content (AvgIpc) is 3.07. The highest BCUT2D eigenvalue weighted by Gasteiger charge is 2.17. The van der Waals surface area contributed by atoms with Crippen molar-refractivity contribution in [3.8, 4) is 11.1 Å². The van der Waals surface area contributed by atoms with Crippen molar-refractivity contribution < 1.29 is 9.90 Å². The first-order chi connectivity index (χ1) is 13.0. The van der Waals surface area contributed by atoms with E-state index in [4.69, 9.17) is 15.9 Å². The minimum atomic E-state index is -0.740. The minimum absolute atomic E-state index is 0.206. The van der Waals surface area contributed by atoms with Crippen LogP contribution in [0, 0.1) is 6.92 Å². The molecule has 0 radical (unpaired) electrons. The van der Waals surface area contributed by atoms with Crippen molar-refractivity contribution in [1.29, 1.82) is 0 Å². The molecule has 0 unspecified atom stereocenters. The molecule has 0 spiro atoms. The third-order valence-corrected chi connectivity index (χ3v) is 5.06. The summed E-state index contributed by atoms with van der Waals surface area (Å²) in [4.78, 5) is 10.8. The Morgan fingerprint density at radius 1 is 1.22 bits per heavy atom. The molecule has 0 aliphatic carbocycles. The van der Waals surface area contributed by atoms with Gasteiger partial charge in [-0.25, -0.2) is 4.52 Å². The summed E-state index contributed by atoms with van der Waals surface area (Å²) >= 11 is 0. The monoisotopic (exact) mass is 365 g/mol. The maximum Gasteiger partial charge on any atom is 0.303 e. The number of fused-ring (bicyclic) bond motifs is 1. The normalized spacial score (nSPS) is 11.2. The number of benzene rings is 1. The maximum atomic E-state index is 10.8. The lowest BCUT2D eigenvalue weighted by Crippen LogP contribution is -2.07. The molecule has 0 bridgehead atoms. The van der Waals surface area contributed by atoms with Crippen molar-refractivity contribution in [2.45, 2.75) is 52.5 Å². The van der Waals surface area contributed by atoms with Crippen LogP contribution >= 0.6 is 0 Å². The Morgan fingerprint density at radius 2 is 2.04 bits per heavy atom. The molecule has 3 rings (SSSR count). The van der Waals surface area contributed by atoms with Crippen LogP contribution in [0.4, 0.5) is 0 Å². The van der Waals surface area contributed by atoms with Crippen LogP contribution in [0.3, 0.4) is 0 Å². The van der Waals surface area contributed by atoms with Gasteiger partial charge in [-0.2, -0.15) is 5.10 Å². The zero-order valence-corrected chi connectivity index (χ0v) is 16.0. The van der Waals surface area contributed by atoms with Crippen molar-refractivity contribution in [3.05, 3.63) is 58.9 Å². The van der Waals surface area contributed by atoms with E-state index in [9.17, 15) is 4.79 Å². The molecule has 2 heterocycles. The zero-order chi connectivity index (χ0) is 19.4. The molecular weight excluding hydrogens is 338 g/mol. The van der Waals surface area contributed by atoms with E-state index in [2.05, 4.69) is 31.2 Å². The number of carbonyl (C=O) groups is 1. The lowest BCUT2D eigenvalue weighted by atomic mass is 9.94. The lowest BCUT2D eigenvalue weighted by molar-refractivity contribution is -0.137. The predicted octanol–water partition coefficient (Wildman–Crippen LogP) is 4.13. The number of aryl methyl sites for hydroxylation is 2. The third-order valence-electron chi connectivity index (χ3n) is 5.06. The molecule has 3 N–H and O–H groups in total. The number of hydrogen-bond acceptors (Lipinski definition) is 3. The van der Waals surface area contributed by atoms with Gasteiger partial charge < -0.3 is 10.8 Å². The third kappa shape index (κ3) is 4.03. The van der Waals surface area contributed by atoms with Gasteiger partial charge in [0.2, 0.25) is 0 Å². The summed E-state index contributed by atoms with van der Waals surface area (Å²) < 4.78 is 2.04. The molecule has 27 heavy (non-hydrogen) atoms. The molecule has 2 aromatic heterocycles. The summed E-state index contributed by atoms with van der Waals surface area (Å²) in [7, 11) is 0. The SMILES string of the molecule is CCc1ccc2c(-c3cccc(CN)c3)c(CCCCC(=O)O)c(C)nn12. The van der Waals surface area contributed by atoms with E-state index in [0.717, 1.165) is 41.6 Å². The highest BCUT2D eigenvalue weighted by atomic mass is 16.4. The number of rotatable bonds is 8. The number of carboxylic acid groups (broad SMARTS) is 1. The van der Waals surface area contributed by atoms with Crippen molar-refractivity contribution >= 4 is 11.5 Å². The number of nitrogens with zero attached hydrogens (tertiary/aromatic N) is 2. The zero-order valence-electron chi connectivity index (χ0n) is 16.0. The molecule has 0 fully saturated rings. The largest absolute Gasteiger partial charge is 0.481 e. The Hall–Kier alpha value is -2.66. The van der Waals surface area contributed by atoms with Gasteiger partial charge >= 0.3 is 5.97 Å². The molecule has 5 nitrogen and oxygen atoms in total. The summed E-state index contributed by atoms with van der Waals surface area (Å²) in [6, 6.07) is 12.6. The Kier molecular flexibility index (Phi) is 5.91. The van der Waals surface area contributed by atoms with E-state index >= 15 is 0 Å². The van der Waals surface area contributed by atoms with E-state index in [1.807, 2.05) is 23.6 Å². The summed E-state index contributed by atoms with van der Waals surface area (Å²) in [5.74, 6) is -0.740. The first-order valence-electron chi connectivity index (χ1n) is 9.56. The summed E-state index contributed by atoms with van der Waals surface area (Å²) in [5, 5.41) is 13.7. The van der Waals surface area contributed by atoms with Crippen LogP contribution in [-0.2, 0) is 24.2 Å². The molecule has 0 saturated heterocycles. The standard InChI is InChI=1S/C22H27N3O2/c1-3-18-11-12-20-22(17-8-6-7-16(13-17)14-23)19(15(2)24-25(18)20)9-4-5-10-21(26)27/h6-8,11-13H,3-5,9-10,14,23H2,1-2H3,(H,26,27). The number of aliphatic carboxylic acids is 1. The van der Waals surface area contributed by atoms with Crippen LogP contribution < -0.4 is 5.73 Å². The van der Waals surface area contributed by atoms with Crippen LogP contribution in [0.2, 0.25) is 0 Å². The molecule has 3 aromatic rings. The van der Waals surface area contributed by atoms with E-state index in [1.165, 1.54) is 16.8 Å². The number of hydrogen-bond donors (Lipinski definition) is 2. The van der Waals surface area contributed by atoms with Crippen molar-refractivity contribution in [2.75, 3.05) is 0 Å². The van der Waals surface area contributed by atoms with Gasteiger partial charge in [0.05, 0.1) is 11.2 Å². The average molecular weight is 365 g/mol.